The lowest BCUT2D eigenvalue weighted by molar-refractivity contribution is 0.103. The molecule has 170 valence electrons. The van der Waals surface area contributed by atoms with Gasteiger partial charge in [-0.3, -0.25) is 10.1 Å². The number of carbonyl (C=O) groups excluding carboxylic acids is 2. The van der Waals surface area contributed by atoms with Gasteiger partial charge in [-0.1, -0.05) is 25.9 Å². The van der Waals surface area contributed by atoms with E-state index in [1.54, 1.807) is 47.7 Å². The van der Waals surface area contributed by atoms with Gasteiger partial charge in [0, 0.05) is 28.2 Å². The van der Waals surface area contributed by atoms with Gasteiger partial charge in [-0.15, -0.1) is 22.7 Å². The molecular formula is C23H23N5O3S2. The van der Waals surface area contributed by atoms with Gasteiger partial charge in [-0.2, -0.15) is 0 Å². The molecular weight excluding hydrogens is 458 g/mol. The molecule has 0 saturated carbocycles. The Kier molecular flexibility index (Phi) is 6.30. The van der Waals surface area contributed by atoms with Crippen molar-refractivity contribution in [2.75, 3.05) is 16.0 Å². The molecule has 3 N–H and O–H groups in total. The van der Waals surface area contributed by atoms with Crippen LogP contribution in [0.15, 0.2) is 52.4 Å². The van der Waals surface area contributed by atoms with Crippen molar-refractivity contribution in [2.24, 2.45) is 0 Å². The number of rotatable bonds is 5. The van der Waals surface area contributed by atoms with Crippen LogP contribution in [0.3, 0.4) is 0 Å². The van der Waals surface area contributed by atoms with Crippen LogP contribution in [0.4, 0.5) is 22.0 Å². The number of anilines is 3. The van der Waals surface area contributed by atoms with Gasteiger partial charge < -0.3 is 15.2 Å². The summed E-state index contributed by atoms with van der Waals surface area (Å²) < 4.78 is 5.26. The predicted molar refractivity (Wildman–Crippen MR) is 132 cm³/mol. The first-order valence-electron chi connectivity index (χ1n) is 10.2. The van der Waals surface area contributed by atoms with Crippen LogP contribution in [0.2, 0.25) is 0 Å². The lowest BCUT2D eigenvalue weighted by Crippen LogP contribution is -2.19. The molecule has 8 nitrogen and oxygen atoms in total. The predicted octanol–water partition coefficient (Wildman–Crippen LogP) is 6.36. The molecule has 0 aliphatic heterocycles. The summed E-state index contributed by atoms with van der Waals surface area (Å²) in [4.78, 5) is 30.8. The topological polar surface area (TPSA) is 109 Å². The van der Waals surface area contributed by atoms with Crippen molar-refractivity contribution in [3.05, 3.63) is 63.5 Å². The zero-order chi connectivity index (χ0) is 23.6. The fourth-order valence-electron chi connectivity index (χ4n) is 2.87. The standard InChI is InChI=1S/C23H23N5O3S2/c1-13-24-16(12-32-13)17-9-10-18(33-17)21(29)25-14-5-7-15(8-6-14)26-22(30)27-20-11-19(31-28-20)23(2,3)4/h5-12H,1-4H3,(H,25,29)(H2,26,27,28,30). The first-order chi connectivity index (χ1) is 15.7. The molecule has 0 unspecified atom stereocenters. The highest BCUT2D eigenvalue weighted by molar-refractivity contribution is 7.18. The number of aromatic nitrogens is 2. The highest BCUT2D eigenvalue weighted by Gasteiger charge is 2.20. The van der Waals surface area contributed by atoms with E-state index in [0.29, 0.717) is 27.8 Å². The molecule has 0 aliphatic rings. The number of aryl methyl sites for hydroxylation is 1. The second-order valence-electron chi connectivity index (χ2n) is 8.35. The molecule has 0 fully saturated rings. The summed E-state index contributed by atoms with van der Waals surface area (Å²) in [5, 5.41) is 15.1. The van der Waals surface area contributed by atoms with Gasteiger partial charge in [0.1, 0.15) is 5.76 Å². The van der Waals surface area contributed by atoms with Crippen LogP contribution >= 0.6 is 22.7 Å². The van der Waals surface area contributed by atoms with E-state index in [2.05, 4.69) is 26.1 Å². The van der Waals surface area contributed by atoms with E-state index < -0.39 is 6.03 Å². The Labute approximate surface area is 199 Å². The zero-order valence-corrected chi connectivity index (χ0v) is 20.2. The number of nitrogens with zero attached hydrogens (tertiary/aromatic N) is 2. The van der Waals surface area contributed by atoms with Crippen LogP contribution in [-0.2, 0) is 5.41 Å². The summed E-state index contributed by atoms with van der Waals surface area (Å²) >= 11 is 2.98. The molecule has 33 heavy (non-hydrogen) atoms. The van der Waals surface area contributed by atoms with Crippen molar-refractivity contribution in [1.82, 2.24) is 10.1 Å². The highest BCUT2D eigenvalue weighted by atomic mass is 32.1. The largest absolute Gasteiger partial charge is 0.359 e. The van der Waals surface area contributed by atoms with Crippen molar-refractivity contribution in [1.29, 1.82) is 0 Å². The molecule has 3 heterocycles. The molecule has 3 amide bonds. The number of urea groups is 1. The summed E-state index contributed by atoms with van der Waals surface area (Å²) in [7, 11) is 0. The lowest BCUT2D eigenvalue weighted by atomic mass is 9.93. The van der Waals surface area contributed by atoms with E-state index in [0.717, 1.165) is 15.6 Å². The molecule has 10 heteroatoms. The van der Waals surface area contributed by atoms with E-state index >= 15 is 0 Å². The van der Waals surface area contributed by atoms with Gasteiger partial charge in [-0.25, -0.2) is 9.78 Å². The Balaban J connectivity index is 1.32. The maximum absolute atomic E-state index is 12.6. The Morgan fingerprint density at radius 2 is 1.67 bits per heavy atom. The van der Waals surface area contributed by atoms with Crippen LogP contribution in [-0.4, -0.2) is 22.1 Å². The summed E-state index contributed by atoms with van der Waals surface area (Å²) in [6, 6.07) is 11.8. The van der Waals surface area contributed by atoms with E-state index in [-0.39, 0.29) is 11.3 Å². The highest BCUT2D eigenvalue weighted by Crippen LogP contribution is 2.29. The molecule has 0 spiro atoms. The number of benzene rings is 1. The Hall–Kier alpha value is -3.50. The first-order valence-corrected chi connectivity index (χ1v) is 11.9. The number of hydrogen-bond acceptors (Lipinski definition) is 7. The molecule has 0 saturated heterocycles. The minimum Gasteiger partial charge on any atom is -0.359 e. The lowest BCUT2D eigenvalue weighted by Gasteiger charge is -2.12. The van der Waals surface area contributed by atoms with Crippen molar-refractivity contribution >= 4 is 51.8 Å². The fraction of sp³-hybridized carbons (Fsp3) is 0.217. The van der Waals surface area contributed by atoms with Crippen LogP contribution in [0.5, 0.6) is 0 Å². The fourth-order valence-corrected chi connectivity index (χ4v) is 4.42. The second kappa shape index (κ2) is 9.16. The summed E-state index contributed by atoms with van der Waals surface area (Å²) in [5.74, 6) is 0.819. The van der Waals surface area contributed by atoms with E-state index in [4.69, 9.17) is 4.52 Å². The molecule has 3 aromatic heterocycles. The van der Waals surface area contributed by atoms with Gasteiger partial charge in [0.05, 0.1) is 20.5 Å². The third-order valence-corrected chi connectivity index (χ3v) is 6.47. The Morgan fingerprint density at radius 3 is 2.27 bits per heavy atom. The maximum atomic E-state index is 12.6. The van der Waals surface area contributed by atoms with Gasteiger partial charge in [-0.05, 0) is 43.3 Å². The van der Waals surface area contributed by atoms with Gasteiger partial charge in [0.15, 0.2) is 5.82 Å². The summed E-state index contributed by atoms with van der Waals surface area (Å²) in [6.07, 6.45) is 0. The average Bonchev–Trinajstić information content (AvgIpc) is 3.49. The van der Waals surface area contributed by atoms with Crippen molar-refractivity contribution in [3.63, 3.8) is 0 Å². The maximum Gasteiger partial charge on any atom is 0.324 e. The smallest absolute Gasteiger partial charge is 0.324 e. The number of carbonyl (C=O) groups is 2. The van der Waals surface area contributed by atoms with Gasteiger partial charge in [0.25, 0.3) is 5.91 Å². The van der Waals surface area contributed by atoms with Crippen molar-refractivity contribution in [3.8, 4) is 10.6 Å². The Morgan fingerprint density at radius 1 is 0.970 bits per heavy atom. The molecule has 0 bridgehead atoms. The number of thiazole rings is 1. The number of thiophene rings is 1. The quantitative estimate of drug-likeness (QED) is 0.307. The zero-order valence-electron chi connectivity index (χ0n) is 18.6. The van der Waals surface area contributed by atoms with E-state index in [1.807, 2.05) is 39.1 Å². The molecule has 0 radical (unpaired) electrons. The number of nitrogens with one attached hydrogen (secondary N) is 3. The average molecular weight is 482 g/mol. The second-order valence-corrected chi connectivity index (χ2v) is 10.5. The minimum atomic E-state index is -0.441. The SMILES string of the molecule is Cc1nc(-c2ccc(C(=O)Nc3ccc(NC(=O)Nc4cc(C(C)(C)C)on4)cc3)s2)cs1. The normalized spacial score (nSPS) is 11.3. The summed E-state index contributed by atoms with van der Waals surface area (Å²) in [5.41, 5.74) is 1.88. The first kappa shape index (κ1) is 22.7. The molecule has 0 atom stereocenters. The summed E-state index contributed by atoms with van der Waals surface area (Å²) in [6.45, 7) is 7.94. The van der Waals surface area contributed by atoms with Crippen LogP contribution in [0.1, 0.15) is 41.2 Å². The third-order valence-electron chi connectivity index (χ3n) is 4.59. The van der Waals surface area contributed by atoms with Crippen molar-refractivity contribution in [2.45, 2.75) is 33.1 Å². The number of hydrogen-bond donors (Lipinski definition) is 3. The minimum absolute atomic E-state index is 0.197. The number of amides is 3. The van der Waals surface area contributed by atoms with Gasteiger partial charge >= 0.3 is 6.03 Å². The van der Waals surface area contributed by atoms with Crippen LogP contribution in [0.25, 0.3) is 10.6 Å². The van der Waals surface area contributed by atoms with Crippen LogP contribution < -0.4 is 16.0 Å². The monoisotopic (exact) mass is 481 g/mol. The Bertz CT molecular complexity index is 1280. The van der Waals surface area contributed by atoms with Crippen LogP contribution in [0, 0.1) is 6.92 Å². The van der Waals surface area contributed by atoms with Gasteiger partial charge in [0.2, 0.25) is 0 Å². The molecule has 4 rings (SSSR count). The molecule has 0 aliphatic carbocycles. The van der Waals surface area contributed by atoms with Crippen molar-refractivity contribution < 1.29 is 14.1 Å². The van der Waals surface area contributed by atoms with E-state index in [1.165, 1.54) is 11.3 Å². The molecule has 1 aromatic carbocycles. The molecule has 4 aromatic rings. The third kappa shape index (κ3) is 5.65. The van der Waals surface area contributed by atoms with E-state index in [9.17, 15) is 9.59 Å².